The minimum Gasteiger partial charge on any atom is -0.474 e. The minimum atomic E-state index is -1.53. The second-order valence-corrected chi connectivity index (χ2v) is 3.62. The molecule has 0 unspecified atom stereocenters. The number of aliphatic carboxylic acids is 1. The van der Waals surface area contributed by atoms with E-state index in [2.05, 4.69) is 0 Å². The van der Waals surface area contributed by atoms with Gasteiger partial charge in [0, 0.05) is 13.6 Å². The number of hydrogen-bond donors (Lipinski definition) is 1. The highest BCUT2D eigenvalue weighted by Crippen LogP contribution is 2.16. The molecule has 0 spiro atoms. The van der Waals surface area contributed by atoms with Gasteiger partial charge in [0.05, 0.1) is 5.02 Å². The third-order valence-electron chi connectivity index (χ3n) is 1.93. The van der Waals surface area contributed by atoms with Gasteiger partial charge in [-0.15, -0.1) is 0 Å². The molecular weight excluding hydrogens is 237 g/mol. The van der Waals surface area contributed by atoms with Crippen LogP contribution in [0.5, 0.6) is 0 Å². The Labute approximate surface area is 96.2 Å². The van der Waals surface area contributed by atoms with Crippen LogP contribution in [-0.4, -0.2) is 28.9 Å². The second kappa shape index (κ2) is 4.94. The lowest BCUT2D eigenvalue weighted by molar-refractivity contribution is -0.155. The summed E-state index contributed by atoms with van der Waals surface area (Å²) in [6.45, 7) is 0.0606. The van der Waals surface area contributed by atoms with Gasteiger partial charge in [0.1, 0.15) is 5.82 Å². The van der Waals surface area contributed by atoms with Crippen molar-refractivity contribution < 1.29 is 19.1 Å². The van der Waals surface area contributed by atoms with Crippen molar-refractivity contribution in [3.05, 3.63) is 34.6 Å². The van der Waals surface area contributed by atoms with Gasteiger partial charge < -0.3 is 10.0 Å². The van der Waals surface area contributed by atoms with Crippen molar-refractivity contribution in [3.63, 3.8) is 0 Å². The van der Waals surface area contributed by atoms with Crippen LogP contribution in [0.25, 0.3) is 0 Å². The topological polar surface area (TPSA) is 57.6 Å². The highest BCUT2D eigenvalue weighted by molar-refractivity contribution is 6.31. The molecule has 0 saturated heterocycles. The van der Waals surface area contributed by atoms with Crippen molar-refractivity contribution in [2.45, 2.75) is 6.54 Å². The van der Waals surface area contributed by atoms with Crippen molar-refractivity contribution in [2.24, 2.45) is 0 Å². The van der Waals surface area contributed by atoms with E-state index in [1.807, 2.05) is 0 Å². The lowest BCUT2D eigenvalue weighted by Gasteiger charge is -2.14. The third-order valence-corrected chi connectivity index (χ3v) is 2.22. The Kier molecular flexibility index (Phi) is 3.84. The van der Waals surface area contributed by atoms with Gasteiger partial charge in [-0.25, -0.2) is 9.18 Å². The lowest BCUT2D eigenvalue weighted by Crippen LogP contribution is -2.32. The maximum Gasteiger partial charge on any atom is 0.394 e. The quantitative estimate of drug-likeness (QED) is 0.804. The molecular formula is C10H9ClFNO3. The minimum absolute atomic E-state index is 0.0606. The first-order valence-corrected chi connectivity index (χ1v) is 4.72. The summed E-state index contributed by atoms with van der Waals surface area (Å²) in [5.74, 6) is -3.12. The van der Waals surface area contributed by atoms with Crippen LogP contribution in [-0.2, 0) is 16.1 Å². The van der Waals surface area contributed by atoms with Crippen LogP contribution in [0.2, 0.25) is 5.02 Å². The van der Waals surface area contributed by atoms with Gasteiger partial charge in [-0.2, -0.15) is 0 Å². The van der Waals surface area contributed by atoms with Crippen LogP contribution in [0.15, 0.2) is 18.2 Å². The second-order valence-electron chi connectivity index (χ2n) is 3.21. The smallest absolute Gasteiger partial charge is 0.394 e. The van der Waals surface area contributed by atoms with Crippen molar-refractivity contribution in [1.82, 2.24) is 4.90 Å². The summed E-state index contributed by atoms with van der Waals surface area (Å²) in [5.41, 5.74) is 0.559. The fourth-order valence-electron chi connectivity index (χ4n) is 1.15. The Bertz CT molecular complexity index is 436. The standard InChI is InChI=1S/C10H9ClFNO3/c1-13(9(14)10(15)16)5-6-2-3-8(12)7(11)4-6/h2-4H,5H2,1H3,(H,15,16). The molecule has 1 N–H and O–H groups in total. The molecule has 0 bridgehead atoms. The Morgan fingerprint density at radius 1 is 1.50 bits per heavy atom. The summed E-state index contributed by atoms with van der Waals surface area (Å²) in [7, 11) is 1.34. The van der Waals surface area contributed by atoms with Crippen LogP contribution in [0.4, 0.5) is 4.39 Å². The van der Waals surface area contributed by atoms with E-state index in [1.165, 1.54) is 19.2 Å². The van der Waals surface area contributed by atoms with E-state index in [0.29, 0.717) is 5.56 Å². The molecule has 0 atom stereocenters. The first-order valence-electron chi connectivity index (χ1n) is 4.34. The summed E-state index contributed by atoms with van der Waals surface area (Å²) >= 11 is 5.54. The van der Waals surface area contributed by atoms with Crippen molar-refractivity contribution in [1.29, 1.82) is 0 Å². The number of carboxylic acids is 1. The predicted molar refractivity (Wildman–Crippen MR) is 55.5 cm³/mol. The maximum atomic E-state index is 12.8. The van der Waals surface area contributed by atoms with E-state index in [-0.39, 0.29) is 11.6 Å². The number of rotatable bonds is 2. The molecule has 4 nitrogen and oxygen atoms in total. The highest BCUT2D eigenvalue weighted by Gasteiger charge is 2.17. The van der Waals surface area contributed by atoms with Crippen LogP contribution >= 0.6 is 11.6 Å². The van der Waals surface area contributed by atoms with Gasteiger partial charge in [0.2, 0.25) is 0 Å². The molecule has 16 heavy (non-hydrogen) atoms. The average Bonchev–Trinajstić information content (AvgIpc) is 2.22. The van der Waals surface area contributed by atoms with Gasteiger partial charge in [0.15, 0.2) is 0 Å². The van der Waals surface area contributed by atoms with E-state index in [0.717, 1.165) is 11.0 Å². The lowest BCUT2D eigenvalue weighted by atomic mass is 10.2. The number of carboxylic acid groups (broad SMARTS) is 1. The molecule has 0 aliphatic heterocycles. The van der Waals surface area contributed by atoms with E-state index in [4.69, 9.17) is 16.7 Å². The summed E-state index contributed by atoms with van der Waals surface area (Å²) in [4.78, 5) is 22.4. The summed E-state index contributed by atoms with van der Waals surface area (Å²) < 4.78 is 12.8. The Morgan fingerprint density at radius 2 is 2.12 bits per heavy atom. The Hall–Kier alpha value is -1.62. The van der Waals surface area contributed by atoms with Crippen LogP contribution in [0, 0.1) is 5.82 Å². The molecule has 1 rings (SSSR count). The van der Waals surface area contributed by atoms with Crippen LogP contribution in [0.1, 0.15) is 5.56 Å². The molecule has 0 radical (unpaired) electrons. The molecule has 0 aromatic heterocycles. The van der Waals surface area contributed by atoms with E-state index >= 15 is 0 Å². The largest absolute Gasteiger partial charge is 0.474 e. The summed E-state index contributed by atoms with van der Waals surface area (Å²) in [6.07, 6.45) is 0. The zero-order valence-corrected chi connectivity index (χ0v) is 9.16. The molecule has 6 heteroatoms. The fraction of sp³-hybridized carbons (Fsp3) is 0.200. The molecule has 0 heterocycles. The Morgan fingerprint density at radius 3 is 2.62 bits per heavy atom. The monoisotopic (exact) mass is 245 g/mol. The van der Waals surface area contributed by atoms with Crippen molar-refractivity contribution in [2.75, 3.05) is 7.05 Å². The van der Waals surface area contributed by atoms with Gasteiger partial charge in [-0.3, -0.25) is 4.79 Å². The van der Waals surface area contributed by atoms with E-state index in [9.17, 15) is 14.0 Å². The van der Waals surface area contributed by atoms with Crippen LogP contribution in [0.3, 0.4) is 0 Å². The number of hydrogen-bond acceptors (Lipinski definition) is 2. The molecule has 1 aromatic carbocycles. The van der Waals surface area contributed by atoms with Crippen molar-refractivity contribution in [3.8, 4) is 0 Å². The number of carbonyl (C=O) groups is 2. The molecule has 1 amide bonds. The van der Waals surface area contributed by atoms with E-state index in [1.54, 1.807) is 0 Å². The first-order chi connectivity index (χ1) is 7.41. The zero-order chi connectivity index (χ0) is 12.3. The van der Waals surface area contributed by atoms with Gasteiger partial charge in [-0.05, 0) is 17.7 Å². The first kappa shape index (κ1) is 12.4. The number of benzene rings is 1. The molecule has 0 aliphatic rings. The molecule has 0 fully saturated rings. The molecule has 1 aromatic rings. The molecule has 86 valence electrons. The summed E-state index contributed by atoms with van der Waals surface area (Å²) in [5, 5.41) is 8.39. The predicted octanol–water partition coefficient (Wildman–Crippen LogP) is 1.52. The summed E-state index contributed by atoms with van der Waals surface area (Å²) in [6, 6.07) is 3.95. The zero-order valence-electron chi connectivity index (χ0n) is 8.41. The van der Waals surface area contributed by atoms with Crippen molar-refractivity contribution >= 4 is 23.5 Å². The third kappa shape index (κ3) is 2.93. The van der Waals surface area contributed by atoms with E-state index < -0.39 is 17.7 Å². The molecule has 0 aliphatic carbocycles. The molecule has 0 saturated carbocycles. The number of likely N-dealkylation sites (N-methyl/N-ethyl adjacent to an activating group) is 1. The van der Waals surface area contributed by atoms with Crippen LogP contribution < -0.4 is 0 Å². The average molecular weight is 246 g/mol. The number of halogens is 2. The number of amides is 1. The van der Waals surface area contributed by atoms with Gasteiger partial charge in [0.25, 0.3) is 0 Å². The van der Waals surface area contributed by atoms with Gasteiger partial charge in [-0.1, -0.05) is 17.7 Å². The SMILES string of the molecule is CN(Cc1ccc(F)c(Cl)c1)C(=O)C(=O)O. The fourth-order valence-corrected chi connectivity index (χ4v) is 1.35. The Balaban J connectivity index is 2.77. The normalized spacial score (nSPS) is 9.94. The number of nitrogens with zero attached hydrogens (tertiary/aromatic N) is 1. The highest BCUT2D eigenvalue weighted by atomic mass is 35.5. The maximum absolute atomic E-state index is 12.8. The van der Waals surface area contributed by atoms with Gasteiger partial charge >= 0.3 is 11.9 Å². The number of carbonyl (C=O) groups excluding carboxylic acids is 1.